The summed E-state index contributed by atoms with van der Waals surface area (Å²) in [5, 5.41) is 3.07. The molecule has 23 heavy (non-hydrogen) atoms. The smallest absolute Gasteiger partial charge is 0.228 e. The molecule has 4 nitrogen and oxygen atoms in total. The molecule has 3 rings (SSSR count). The second-order valence-electron chi connectivity index (χ2n) is 6.88. The van der Waals surface area contributed by atoms with E-state index in [9.17, 15) is 4.79 Å². The van der Waals surface area contributed by atoms with E-state index in [-0.39, 0.29) is 5.91 Å². The number of aromatic nitrogens is 1. The molecule has 0 radical (unpaired) electrons. The highest BCUT2D eigenvalue weighted by atomic mass is 32.1. The third-order valence-corrected chi connectivity index (χ3v) is 5.57. The average molecular weight is 332 g/mol. The van der Waals surface area contributed by atoms with Gasteiger partial charge in [0.15, 0.2) is 0 Å². The minimum atomic E-state index is 0.0725. The van der Waals surface area contributed by atoms with Crippen molar-refractivity contribution in [2.75, 3.05) is 7.05 Å². The molecular formula is C18H24N2O2S. The van der Waals surface area contributed by atoms with Crippen molar-refractivity contribution in [3.8, 4) is 0 Å². The van der Waals surface area contributed by atoms with Crippen molar-refractivity contribution in [1.82, 2.24) is 9.88 Å². The lowest BCUT2D eigenvalue weighted by molar-refractivity contribution is -0.130. The lowest BCUT2D eigenvalue weighted by Gasteiger charge is -2.15. The Morgan fingerprint density at radius 3 is 2.83 bits per heavy atom. The molecule has 124 valence electrons. The van der Waals surface area contributed by atoms with Crippen molar-refractivity contribution < 1.29 is 9.21 Å². The summed E-state index contributed by atoms with van der Waals surface area (Å²) in [6, 6.07) is 4.04. The van der Waals surface area contributed by atoms with Crippen LogP contribution in [0.4, 0.5) is 0 Å². The largest absolute Gasteiger partial charge is 0.464 e. The van der Waals surface area contributed by atoms with Gasteiger partial charge in [-0.2, -0.15) is 0 Å². The molecule has 2 aromatic rings. The third-order valence-electron chi connectivity index (χ3n) is 4.37. The van der Waals surface area contributed by atoms with Crippen LogP contribution in [0, 0.1) is 5.92 Å². The molecule has 0 N–H and O–H groups in total. The minimum Gasteiger partial charge on any atom is -0.464 e. The van der Waals surface area contributed by atoms with Gasteiger partial charge in [-0.1, -0.05) is 20.8 Å². The van der Waals surface area contributed by atoms with Gasteiger partial charge in [-0.25, -0.2) is 4.98 Å². The van der Waals surface area contributed by atoms with Gasteiger partial charge < -0.3 is 9.32 Å². The highest BCUT2D eigenvalue weighted by molar-refractivity contribution is 7.09. The van der Waals surface area contributed by atoms with Crippen molar-refractivity contribution in [3.05, 3.63) is 39.7 Å². The molecule has 5 heteroatoms. The Balaban J connectivity index is 1.55. The average Bonchev–Trinajstić information content (AvgIpc) is 2.93. The zero-order valence-electron chi connectivity index (χ0n) is 14.2. The lowest BCUT2D eigenvalue weighted by atomic mass is 10.2. The fourth-order valence-electron chi connectivity index (χ4n) is 2.68. The maximum Gasteiger partial charge on any atom is 0.228 e. The van der Waals surface area contributed by atoms with Gasteiger partial charge in [0, 0.05) is 24.3 Å². The number of rotatable bonds is 6. The van der Waals surface area contributed by atoms with E-state index < -0.39 is 0 Å². The Kier molecular flexibility index (Phi) is 4.57. The van der Waals surface area contributed by atoms with Gasteiger partial charge in [0.05, 0.1) is 23.7 Å². The molecule has 1 saturated carbocycles. The summed E-state index contributed by atoms with van der Waals surface area (Å²) in [5.41, 5.74) is 0.863. The number of carbonyl (C=O) groups excluding carboxylic acids is 1. The predicted octanol–water partition coefficient (Wildman–Crippen LogP) is 4.18. The van der Waals surface area contributed by atoms with Crippen LogP contribution in [0.3, 0.4) is 0 Å². The Morgan fingerprint density at radius 2 is 2.22 bits per heavy atom. The first kappa shape index (κ1) is 16.2. The van der Waals surface area contributed by atoms with Gasteiger partial charge in [0.2, 0.25) is 5.91 Å². The van der Waals surface area contributed by atoms with Crippen LogP contribution >= 0.6 is 11.3 Å². The highest BCUT2D eigenvalue weighted by Crippen LogP contribution is 2.47. The molecule has 0 aliphatic heterocycles. The topological polar surface area (TPSA) is 46.3 Å². The first-order valence-corrected chi connectivity index (χ1v) is 9.09. The first-order chi connectivity index (χ1) is 10.9. The molecule has 2 atom stereocenters. The Labute approximate surface area is 141 Å². The van der Waals surface area contributed by atoms with E-state index in [1.807, 2.05) is 18.5 Å². The van der Waals surface area contributed by atoms with Crippen LogP contribution in [0.5, 0.6) is 0 Å². The molecule has 1 fully saturated rings. The van der Waals surface area contributed by atoms with Crippen molar-refractivity contribution in [2.24, 2.45) is 5.92 Å². The van der Waals surface area contributed by atoms with Gasteiger partial charge in [-0.15, -0.1) is 11.3 Å². The summed E-state index contributed by atoms with van der Waals surface area (Å²) in [6.45, 7) is 6.99. The second kappa shape index (κ2) is 6.48. The number of furan rings is 1. The molecule has 0 bridgehead atoms. The summed E-state index contributed by atoms with van der Waals surface area (Å²) < 4.78 is 5.88. The number of hydrogen-bond acceptors (Lipinski definition) is 4. The number of amides is 1. The van der Waals surface area contributed by atoms with Crippen LogP contribution in [-0.4, -0.2) is 22.8 Å². The summed E-state index contributed by atoms with van der Waals surface area (Å²) in [7, 11) is 1.82. The molecule has 1 amide bonds. The van der Waals surface area contributed by atoms with Crippen LogP contribution < -0.4 is 0 Å². The molecule has 0 aromatic carbocycles. The molecule has 0 spiro atoms. The molecule has 2 heterocycles. The number of carbonyl (C=O) groups is 1. The predicted molar refractivity (Wildman–Crippen MR) is 91.6 cm³/mol. The monoisotopic (exact) mass is 332 g/mol. The maximum absolute atomic E-state index is 12.3. The normalized spacial score (nSPS) is 20.0. The van der Waals surface area contributed by atoms with Crippen LogP contribution in [0.15, 0.2) is 21.9 Å². The van der Waals surface area contributed by atoms with Crippen molar-refractivity contribution in [2.45, 2.75) is 52.0 Å². The van der Waals surface area contributed by atoms with Gasteiger partial charge in [0.1, 0.15) is 11.5 Å². The van der Waals surface area contributed by atoms with Gasteiger partial charge in [0.25, 0.3) is 0 Å². The summed E-state index contributed by atoms with van der Waals surface area (Å²) in [6.07, 6.45) is 1.57. The van der Waals surface area contributed by atoms with Gasteiger partial charge >= 0.3 is 0 Å². The second-order valence-corrected chi connectivity index (χ2v) is 7.77. The number of likely N-dealkylation sites (N-methyl/N-ethyl adjacent to an activating group) is 1. The lowest BCUT2D eigenvalue weighted by Crippen LogP contribution is -2.27. The fourth-order valence-corrected chi connectivity index (χ4v) is 3.51. The van der Waals surface area contributed by atoms with E-state index in [2.05, 4.69) is 31.8 Å². The fraction of sp³-hybridized carbons (Fsp3) is 0.556. The minimum absolute atomic E-state index is 0.0725. The Bertz CT molecular complexity index is 689. The Morgan fingerprint density at radius 1 is 1.48 bits per heavy atom. The van der Waals surface area contributed by atoms with E-state index in [0.29, 0.717) is 24.8 Å². The standard InChI is InChI=1S/C18H24N2O2S/c1-11(2)18-19-13(10-23-18)8-17(21)20(4)9-14-5-6-16(22-14)15-7-12(15)3/h5-6,10-12,15H,7-9H2,1-4H3/t12-,15-/m0/s1. The van der Waals surface area contributed by atoms with Crippen LogP contribution in [0.2, 0.25) is 0 Å². The Hall–Kier alpha value is -1.62. The SMILES string of the molecule is CC(C)c1nc(CC(=O)N(C)Cc2ccc([C@H]3C[C@@H]3C)o2)cs1. The molecule has 0 saturated heterocycles. The first-order valence-electron chi connectivity index (χ1n) is 8.21. The summed E-state index contributed by atoms with van der Waals surface area (Å²) in [5.74, 6) is 3.71. The van der Waals surface area contributed by atoms with Crippen molar-refractivity contribution in [1.29, 1.82) is 0 Å². The summed E-state index contributed by atoms with van der Waals surface area (Å²) >= 11 is 1.63. The summed E-state index contributed by atoms with van der Waals surface area (Å²) in [4.78, 5) is 18.6. The van der Waals surface area contributed by atoms with E-state index >= 15 is 0 Å². The molecular weight excluding hydrogens is 308 g/mol. The van der Waals surface area contributed by atoms with Gasteiger partial charge in [-0.05, 0) is 24.5 Å². The number of nitrogens with zero attached hydrogens (tertiary/aromatic N) is 2. The van der Waals surface area contributed by atoms with E-state index in [1.54, 1.807) is 16.2 Å². The molecule has 1 aliphatic rings. The van der Waals surface area contributed by atoms with Crippen LogP contribution in [0.25, 0.3) is 0 Å². The quantitative estimate of drug-likeness (QED) is 0.797. The third kappa shape index (κ3) is 3.83. The maximum atomic E-state index is 12.3. The zero-order valence-corrected chi connectivity index (χ0v) is 15.0. The van der Waals surface area contributed by atoms with E-state index in [1.165, 1.54) is 6.42 Å². The van der Waals surface area contributed by atoms with Crippen LogP contribution in [-0.2, 0) is 17.8 Å². The zero-order chi connectivity index (χ0) is 16.6. The van der Waals surface area contributed by atoms with E-state index in [4.69, 9.17) is 4.42 Å². The molecule has 2 aromatic heterocycles. The highest BCUT2D eigenvalue weighted by Gasteiger charge is 2.36. The number of hydrogen-bond donors (Lipinski definition) is 0. The van der Waals surface area contributed by atoms with E-state index in [0.717, 1.165) is 28.1 Å². The van der Waals surface area contributed by atoms with Crippen molar-refractivity contribution >= 4 is 17.2 Å². The van der Waals surface area contributed by atoms with Crippen molar-refractivity contribution in [3.63, 3.8) is 0 Å². The molecule has 0 unspecified atom stereocenters. The van der Waals surface area contributed by atoms with Crippen LogP contribution in [0.1, 0.15) is 61.2 Å². The molecule has 1 aliphatic carbocycles. The number of thiazole rings is 1. The van der Waals surface area contributed by atoms with Gasteiger partial charge in [-0.3, -0.25) is 4.79 Å².